The Kier molecular flexibility index (Phi) is 8.30. The maximum absolute atomic E-state index is 10.6. The number of carbonyl (C=O) groups is 2. The number of carboxylic acids is 2. The van der Waals surface area contributed by atoms with Crippen LogP contribution in [-0.2, 0) is 9.59 Å². The molecule has 20 heavy (non-hydrogen) atoms. The molecule has 0 bridgehead atoms. The van der Waals surface area contributed by atoms with Gasteiger partial charge in [-0.1, -0.05) is 11.3 Å². The molecule has 0 atom stereocenters. The molecule has 1 aromatic heterocycles. The summed E-state index contributed by atoms with van der Waals surface area (Å²) in [5.74, 6) is -5.51. The molecule has 13 heteroatoms. The summed E-state index contributed by atoms with van der Waals surface area (Å²) in [5.41, 5.74) is 0. The van der Waals surface area contributed by atoms with Crippen LogP contribution in [0.15, 0.2) is 16.4 Å². The van der Waals surface area contributed by atoms with E-state index < -0.39 is 24.3 Å². The van der Waals surface area contributed by atoms with Gasteiger partial charge in [-0.15, -0.1) is 0 Å². The summed E-state index contributed by atoms with van der Waals surface area (Å²) in [6.07, 6.45) is -8.55. The van der Waals surface area contributed by atoms with Gasteiger partial charge in [0.2, 0.25) is 0 Å². The van der Waals surface area contributed by atoms with Crippen LogP contribution in [0, 0.1) is 0 Å². The number of hydrogen-bond donors (Lipinski definition) is 3. The highest BCUT2D eigenvalue weighted by molar-refractivity contribution is 7.07. The molecule has 0 unspecified atom stereocenters. The lowest BCUT2D eigenvalue weighted by molar-refractivity contribution is -0.193. The van der Waals surface area contributed by atoms with E-state index in [2.05, 4.69) is 4.98 Å². The molecule has 0 radical (unpaired) electrons. The zero-order chi connectivity index (χ0) is 16.6. The van der Waals surface area contributed by atoms with E-state index in [-0.39, 0.29) is 4.87 Å². The van der Waals surface area contributed by atoms with Crippen molar-refractivity contribution in [2.45, 2.75) is 12.4 Å². The molecule has 116 valence electrons. The molecule has 0 saturated heterocycles. The van der Waals surface area contributed by atoms with Gasteiger partial charge in [-0.25, -0.2) is 9.59 Å². The minimum absolute atomic E-state index is 0.00926. The number of halogens is 6. The maximum Gasteiger partial charge on any atom is 0.490 e. The van der Waals surface area contributed by atoms with Crippen molar-refractivity contribution in [1.29, 1.82) is 0 Å². The standard InChI is InChI=1S/C3H3NOS.2C2HF3O2/c5-3-4-1-2-6-3;2*3-2(4,5)1(6)7/h1-2H,(H,4,5);2*(H,6,7). The van der Waals surface area contributed by atoms with E-state index in [0.717, 1.165) is 0 Å². The van der Waals surface area contributed by atoms with Crippen molar-refractivity contribution in [2.24, 2.45) is 0 Å². The molecule has 0 fully saturated rings. The van der Waals surface area contributed by atoms with Crippen molar-refractivity contribution in [1.82, 2.24) is 4.98 Å². The van der Waals surface area contributed by atoms with E-state index >= 15 is 0 Å². The predicted octanol–water partition coefficient (Wildman–Crippen LogP) is 1.70. The molecule has 3 N–H and O–H groups in total. The third kappa shape index (κ3) is 12.4. The Morgan fingerprint density at radius 3 is 1.35 bits per heavy atom. The molecule has 1 heterocycles. The van der Waals surface area contributed by atoms with Crippen molar-refractivity contribution in [3.05, 3.63) is 21.2 Å². The number of hydrogen-bond acceptors (Lipinski definition) is 4. The normalized spacial score (nSPS) is 10.5. The summed E-state index contributed by atoms with van der Waals surface area (Å²) in [7, 11) is 0. The third-order valence-corrected chi connectivity index (χ3v) is 1.53. The van der Waals surface area contributed by atoms with Gasteiger partial charge >= 0.3 is 29.2 Å². The lowest BCUT2D eigenvalue weighted by Crippen LogP contribution is -2.21. The molecule has 0 spiro atoms. The predicted molar refractivity (Wildman–Crippen MR) is 52.3 cm³/mol. The second kappa shape index (κ2) is 8.19. The Hall–Kier alpha value is -2.05. The quantitative estimate of drug-likeness (QED) is 0.628. The average molecular weight is 329 g/mol. The van der Waals surface area contributed by atoms with Crippen LogP contribution in [0.25, 0.3) is 0 Å². The van der Waals surface area contributed by atoms with Crippen molar-refractivity contribution < 1.29 is 46.1 Å². The van der Waals surface area contributed by atoms with Gasteiger partial charge < -0.3 is 15.2 Å². The highest BCUT2D eigenvalue weighted by Gasteiger charge is 2.38. The van der Waals surface area contributed by atoms with E-state index in [1.807, 2.05) is 0 Å². The number of aromatic amines is 1. The van der Waals surface area contributed by atoms with E-state index in [9.17, 15) is 31.1 Å². The number of thiazole rings is 1. The summed E-state index contributed by atoms with van der Waals surface area (Å²) in [4.78, 5) is 30.3. The van der Waals surface area contributed by atoms with Crippen LogP contribution < -0.4 is 4.87 Å². The summed E-state index contributed by atoms with van der Waals surface area (Å²) in [6, 6.07) is 0. The largest absolute Gasteiger partial charge is 0.490 e. The SMILES string of the molecule is O=C(O)C(F)(F)F.O=C(O)C(F)(F)F.O=c1[nH]ccs1. The lowest BCUT2D eigenvalue weighted by Gasteiger charge is -1.93. The number of aliphatic carboxylic acids is 2. The molecule has 0 aromatic carbocycles. The van der Waals surface area contributed by atoms with Gasteiger partial charge in [0.15, 0.2) is 0 Å². The molecule has 0 aliphatic heterocycles. The Balaban J connectivity index is 0. The van der Waals surface area contributed by atoms with Crippen molar-refractivity contribution in [3.63, 3.8) is 0 Å². The Morgan fingerprint density at radius 1 is 1.00 bits per heavy atom. The van der Waals surface area contributed by atoms with E-state index in [1.54, 1.807) is 11.6 Å². The Labute approximate surface area is 109 Å². The third-order valence-electron chi connectivity index (χ3n) is 0.929. The maximum atomic E-state index is 10.6. The minimum Gasteiger partial charge on any atom is -0.475 e. The van der Waals surface area contributed by atoms with Crippen molar-refractivity contribution in [2.75, 3.05) is 0 Å². The van der Waals surface area contributed by atoms with E-state index in [0.29, 0.717) is 0 Å². The molecular formula is C7H5F6NO5S. The number of rotatable bonds is 0. The van der Waals surface area contributed by atoms with Crippen molar-refractivity contribution in [3.8, 4) is 0 Å². The van der Waals surface area contributed by atoms with Gasteiger partial charge in [0.25, 0.3) is 0 Å². The fourth-order valence-corrected chi connectivity index (χ4v) is 0.628. The van der Waals surface area contributed by atoms with Crippen LogP contribution in [-0.4, -0.2) is 39.5 Å². The Bertz CT molecular complexity index is 434. The van der Waals surface area contributed by atoms with E-state index in [4.69, 9.17) is 19.8 Å². The first-order valence-electron chi connectivity index (χ1n) is 4.01. The highest BCUT2D eigenvalue weighted by Crippen LogP contribution is 2.13. The molecule has 0 saturated carbocycles. The molecule has 1 aromatic rings. The molecule has 0 aliphatic carbocycles. The number of carboxylic acid groups (broad SMARTS) is 2. The number of H-pyrrole nitrogens is 1. The zero-order valence-corrected chi connectivity index (χ0v) is 9.77. The fraction of sp³-hybridized carbons (Fsp3) is 0.286. The van der Waals surface area contributed by atoms with Gasteiger partial charge in [-0.3, -0.25) is 4.79 Å². The van der Waals surface area contributed by atoms with Gasteiger partial charge in [-0.2, -0.15) is 26.3 Å². The second-order valence-electron chi connectivity index (χ2n) is 2.46. The minimum atomic E-state index is -5.08. The fourth-order valence-electron chi connectivity index (χ4n) is 0.232. The van der Waals surface area contributed by atoms with Gasteiger partial charge in [0.1, 0.15) is 0 Å². The van der Waals surface area contributed by atoms with Gasteiger partial charge in [0, 0.05) is 11.6 Å². The highest BCUT2D eigenvalue weighted by atomic mass is 32.1. The van der Waals surface area contributed by atoms with Crippen LogP contribution in [0.4, 0.5) is 26.3 Å². The molecular weight excluding hydrogens is 324 g/mol. The number of aromatic nitrogens is 1. The van der Waals surface area contributed by atoms with Crippen molar-refractivity contribution >= 4 is 23.3 Å². The molecule has 1 rings (SSSR count). The smallest absolute Gasteiger partial charge is 0.475 e. The topological polar surface area (TPSA) is 107 Å². The summed E-state index contributed by atoms with van der Waals surface area (Å²) < 4.78 is 63.5. The van der Waals surface area contributed by atoms with Crippen LogP contribution in [0.5, 0.6) is 0 Å². The summed E-state index contributed by atoms with van der Waals surface area (Å²) in [5, 5.41) is 16.0. The molecule has 0 amide bonds. The first kappa shape index (κ1) is 20.3. The van der Waals surface area contributed by atoms with E-state index in [1.165, 1.54) is 11.3 Å². The first-order chi connectivity index (χ1) is 8.78. The van der Waals surface area contributed by atoms with Crippen LogP contribution >= 0.6 is 11.3 Å². The van der Waals surface area contributed by atoms with Gasteiger partial charge in [0.05, 0.1) is 0 Å². The first-order valence-corrected chi connectivity index (χ1v) is 4.88. The van der Waals surface area contributed by atoms with Crippen LogP contribution in [0.1, 0.15) is 0 Å². The average Bonchev–Trinajstić information content (AvgIpc) is 2.67. The number of nitrogens with one attached hydrogen (secondary N) is 1. The summed E-state index contributed by atoms with van der Waals surface area (Å²) in [6.45, 7) is 0. The Morgan fingerprint density at radius 2 is 1.30 bits per heavy atom. The van der Waals surface area contributed by atoms with Crippen LogP contribution in [0.2, 0.25) is 0 Å². The zero-order valence-electron chi connectivity index (χ0n) is 8.95. The molecule has 0 aliphatic rings. The van der Waals surface area contributed by atoms with Crippen LogP contribution in [0.3, 0.4) is 0 Å². The monoisotopic (exact) mass is 329 g/mol. The van der Waals surface area contributed by atoms with Gasteiger partial charge in [-0.05, 0) is 0 Å². The molecule has 6 nitrogen and oxygen atoms in total. The second-order valence-corrected chi connectivity index (χ2v) is 3.34. The summed E-state index contributed by atoms with van der Waals surface area (Å²) >= 11 is 1.17. The number of alkyl halides is 6. The lowest BCUT2D eigenvalue weighted by atomic mass is 10.7.